The molecule has 3 aromatic rings. The van der Waals surface area contributed by atoms with Crippen LogP contribution in [0.1, 0.15) is 36.4 Å². The standard InChI is InChI=1S/C19H21N3O2S/c1-12-15(13-5-7-14(23-2)8-6-13)11-16(25-12)17-21-18(22-24-17)19(20)9-3-4-10-19/h5-8,11H,3-4,9-10,20H2,1-2H3. The van der Waals surface area contributed by atoms with Gasteiger partial charge in [0.15, 0.2) is 5.82 Å². The van der Waals surface area contributed by atoms with Crippen LogP contribution in [0.4, 0.5) is 0 Å². The highest BCUT2D eigenvalue weighted by Crippen LogP contribution is 2.39. The molecule has 2 N–H and O–H groups in total. The number of thiophene rings is 1. The van der Waals surface area contributed by atoms with Crippen molar-refractivity contribution in [1.29, 1.82) is 0 Å². The molecule has 2 heterocycles. The van der Waals surface area contributed by atoms with Gasteiger partial charge in [0.2, 0.25) is 0 Å². The Morgan fingerprint density at radius 2 is 1.92 bits per heavy atom. The molecule has 5 nitrogen and oxygen atoms in total. The lowest BCUT2D eigenvalue weighted by molar-refractivity contribution is 0.373. The maximum absolute atomic E-state index is 6.43. The fourth-order valence-electron chi connectivity index (χ4n) is 3.40. The van der Waals surface area contributed by atoms with Crippen LogP contribution in [0.25, 0.3) is 21.9 Å². The Balaban J connectivity index is 1.65. The average molecular weight is 355 g/mol. The van der Waals surface area contributed by atoms with Crippen LogP contribution in [0.2, 0.25) is 0 Å². The van der Waals surface area contributed by atoms with Gasteiger partial charge in [0.25, 0.3) is 5.89 Å². The van der Waals surface area contributed by atoms with E-state index in [9.17, 15) is 0 Å². The first kappa shape index (κ1) is 16.3. The molecule has 1 aliphatic carbocycles. The summed E-state index contributed by atoms with van der Waals surface area (Å²) in [4.78, 5) is 6.78. The van der Waals surface area contributed by atoms with Crippen molar-refractivity contribution >= 4 is 11.3 Å². The Hall–Kier alpha value is -2.18. The predicted octanol–water partition coefficient (Wildman–Crippen LogP) is 4.51. The van der Waals surface area contributed by atoms with Gasteiger partial charge in [0.1, 0.15) is 5.75 Å². The van der Waals surface area contributed by atoms with Crippen LogP contribution >= 0.6 is 11.3 Å². The monoisotopic (exact) mass is 355 g/mol. The van der Waals surface area contributed by atoms with E-state index in [1.54, 1.807) is 18.4 Å². The third-order valence-corrected chi connectivity index (χ3v) is 5.94. The molecule has 4 rings (SSSR count). The lowest BCUT2D eigenvalue weighted by atomic mass is 9.99. The lowest BCUT2D eigenvalue weighted by Gasteiger charge is -2.17. The molecule has 0 saturated heterocycles. The molecule has 1 fully saturated rings. The molecular formula is C19H21N3O2S. The number of nitrogens with two attached hydrogens (primary N) is 1. The van der Waals surface area contributed by atoms with Gasteiger partial charge in [-0.25, -0.2) is 0 Å². The molecule has 25 heavy (non-hydrogen) atoms. The second-order valence-electron chi connectivity index (χ2n) is 6.60. The molecular weight excluding hydrogens is 334 g/mol. The topological polar surface area (TPSA) is 74.2 Å². The van der Waals surface area contributed by atoms with Crippen LogP contribution in [0.3, 0.4) is 0 Å². The van der Waals surface area contributed by atoms with E-state index in [0.717, 1.165) is 41.9 Å². The second-order valence-corrected chi connectivity index (χ2v) is 7.85. The van der Waals surface area contributed by atoms with E-state index < -0.39 is 5.54 Å². The molecule has 1 aromatic carbocycles. The molecule has 0 amide bonds. The smallest absolute Gasteiger partial charge is 0.268 e. The summed E-state index contributed by atoms with van der Waals surface area (Å²) in [5.41, 5.74) is 8.33. The molecule has 0 spiro atoms. The van der Waals surface area contributed by atoms with E-state index in [4.69, 9.17) is 15.0 Å². The van der Waals surface area contributed by atoms with Crippen LogP contribution < -0.4 is 10.5 Å². The summed E-state index contributed by atoms with van der Waals surface area (Å²) in [6.07, 6.45) is 4.10. The minimum absolute atomic E-state index is 0.424. The zero-order chi connectivity index (χ0) is 17.4. The number of aryl methyl sites for hydroxylation is 1. The quantitative estimate of drug-likeness (QED) is 0.745. The van der Waals surface area contributed by atoms with Gasteiger partial charge in [-0.05, 0) is 49.1 Å². The molecule has 2 aromatic heterocycles. The van der Waals surface area contributed by atoms with Crippen molar-refractivity contribution in [1.82, 2.24) is 10.1 Å². The van der Waals surface area contributed by atoms with Gasteiger partial charge < -0.3 is 15.0 Å². The van der Waals surface area contributed by atoms with Crippen LogP contribution in [0.15, 0.2) is 34.9 Å². The summed E-state index contributed by atoms with van der Waals surface area (Å²) < 4.78 is 10.7. The number of hydrogen-bond acceptors (Lipinski definition) is 6. The van der Waals surface area contributed by atoms with Crippen LogP contribution in [-0.2, 0) is 5.54 Å². The zero-order valence-electron chi connectivity index (χ0n) is 14.4. The van der Waals surface area contributed by atoms with E-state index in [1.807, 2.05) is 12.1 Å². The Morgan fingerprint density at radius 1 is 1.20 bits per heavy atom. The molecule has 1 saturated carbocycles. The lowest BCUT2D eigenvalue weighted by Crippen LogP contribution is -2.34. The molecule has 130 valence electrons. The number of hydrogen-bond donors (Lipinski definition) is 1. The maximum Gasteiger partial charge on any atom is 0.268 e. The third kappa shape index (κ3) is 2.96. The largest absolute Gasteiger partial charge is 0.497 e. The molecule has 0 atom stereocenters. The number of methoxy groups -OCH3 is 1. The maximum atomic E-state index is 6.43. The Bertz CT molecular complexity index is 876. The summed E-state index contributed by atoms with van der Waals surface area (Å²) in [5, 5.41) is 4.16. The fourth-order valence-corrected chi connectivity index (χ4v) is 4.36. The molecule has 0 bridgehead atoms. The second kappa shape index (κ2) is 6.28. The summed E-state index contributed by atoms with van der Waals surface area (Å²) in [7, 11) is 1.67. The number of nitrogens with zero attached hydrogens (tertiary/aromatic N) is 2. The van der Waals surface area contributed by atoms with Crippen molar-refractivity contribution in [3.63, 3.8) is 0 Å². The number of benzene rings is 1. The van der Waals surface area contributed by atoms with E-state index >= 15 is 0 Å². The van der Waals surface area contributed by atoms with Crippen LogP contribution in [0, 0.1) is 6.92 Å². The third-order valence-electron chi connectivity index (χ3n) is 4.90. The first-order valence-electron chi connectivity index (χ1n) is 8.47. The van der Waals surface area contributed by atoms with Crippen molar-refractivity contribution in [3.05, 3.63) is 41.0 Å². The summed E-state index contributed by atoms with van der Waals surface area (Å²) >= 11 is 1.66. The fraction of sp³-hybridized carbons (Fsp3) is 0.368. The highest BCUT2D eigenvalue weighted by molar-refractivity contribution is 7.15. The number of rotatable bonds is 4. The van der Waals surface area contributed by atoms with Crippen LogP contribution in [0.5, 0.6) is 5.75 Å². The Kier molecular flexibility index (Phi) is 4.09. The SMILES string of the molecule is COc1ccc(-c2cc(-c3nc(C4(N)CCCC4)no3)sc2C)cc1. The summed E-state index contributed by atoms with van der Waals surface area (Å²) in [5.74, 6) is 2.04. The molecule has 0 radical (unpaired) electrons. The van der Waals surface area contributed by atoms with Crippen molar-refractivity contribution in [2.75, 3.05) is 7.11 Å². The summed E-state index contributed by atoms with van der Waals surface area (Å²) in [6, 6.07) is 10.2. The first-order valence-corrected chi connectivity index (χ1v) is 9.29. The zero-order valence-corrected chi connectivity index (χ0v) is 15.2. The van der Waals surface area contributed by atoms with E-state index in [1.165, 1.54) is 10.4 Å². The van der Waals surface area contributed by atoms with Gasteiger partial charge in [-0.2, -0.15) is 4.98 Å². The molecule has 6 heteroatoms. The van der Waals surface area contributed by atoms with Crippen molar-refractivity contribution in [2.45, 2.75) is 38.1 Å². The van der Waals surface area contributed by atoms with E-state index in [0.29, 0.717) is 11.7 Å². The van der Waals surface area contributed by atoms with Gasteiger partial charge in [-0.15, -0.1) is 11.3 Å². The number of aromatic nitrogens is 2. The van der Waals surface area contributed by atoms with Gasteiger partial charge in [0, 0.05) is 4.88 Å². The van der Waals surface area contributed by atoms with Crippen LogP contribution in [-0.4, -0.2) is 17.3 Å². The average Bonchev–Trinajstić information content (AvgIpc) is 3.35. The predicted molar refractivity (Wildman–Crippen MR) is 98.7 cm³/mol. The minimum atomic E-state index is -0.424. The molecule has 1 aliphatic rings. The van der Waals surface area contributed by atoms with Gasteiger partial charge in [-0.3, -0.25) is 0 Å². The van der Waals surface area contributed by atoms with Crippen molar-refractivity contribution < 1.29 is 9.26 Å². The number of ether oxygens (including phenoxy) is 1. The Morgan fingerprint density at radius 3 is 2.60 bits per heavy atom. The van der Waals surface area contributed by atoms with E-state index in [2.05, 4.69) is 35.3 Å². The van der Waals surface area contributed by atoms with Gasteiger partial charge >= 0.3 is 0 Å². The minimum Gasteiger partial charge on any atom is -0.497 e. The van der Waals surface area contributed by atoms with Gasteiger partial charge in [-0.1, -0.05) is 30.1 Å². The molecule has 0 unspecified atom stereocenters. The van der Waals surface area contributed by atoms with Crippen molar-refractivity contribution in [2.24, 2.45) is 5.73 Å². The van der Waals surface area contributed by atoms with Crippen molar-refractivity contribution in [3.8, 4) is 27.6 Å². The highest BCUT2D eigenvalue weighted by Gasteiger charge is 2.36. The normalized spacial score (nSPS) is 16.3. The first-order chi connectivity index (χ1) is 12.1. The Labute approximate surface area is 150 Å². The summed E-state index contributed by atoms with van der Waals surface area (Å²) in [6.45, 7) is 2.10. The molecule has 0 aliphatic heterocycles. The van der Waals surface area contributed by atoms with Gasteiger partial charge in [0.05, 0.1) is 17.5 Å². The highest BCUT2D eigenvalue weighted by atomic mass is 32.1. The van der Waals surface area contributed by atoms with E-state index in [-0.39, 0.29) is 0 Å².